The number of ether oxygens (including phenoxy) is 1. The highest BCUT2D eigenvalue weighted by atomic mass is 32.2. The lowest BCUT2D eigenvalue weighted by Gasteiger charge is -2.31. The van der Waals surface area contributed by atoms with E-state index in [0.29, 0.717) is 5.75 Å². The van der Waals surface area contributed by atoms with Crippen LogP contribution in [0.3, 0.4) is 0 Å². The van der Waals surface area contributed by atoms with Gasteiger partial charge in [-0.1, -0.05) is 44.2 Å². The maximum atomic E-state index is 10.4. The molecule has 0 saturated heterocycles. The molecule has 2 aromatic rings. The number of nitrogens with two attached hydrogens (primary N) is 1. The molecular formula is C23H22N4OS2. The molecule has 7 heteroatoms. The molecule has 1 saturated carbocycles. The molecule has 2 N–H and O–H groups in total. The summed E-state index contributed by atoms with van der Waals surface area (Å²) in [7, 11) is 0. The highest BCUT2D eigenvalue weighted by Crippen LogP contribution is 2.85. The van der Waals surface area contributed by atoms with Crippen LogP contribution in [0.5, 0.6) is 11.5 Å². The average molecular weight is 435 g/mol. The summed E-state index contributed by atoms with van der Waals surface area (Å²) in [5.74, 6) is 2.87. The Bertz CT molecular complexity index is 1070. The number of hydrogen-bond donors (Lipinski definition) is 1. The fourth-order valence-corrected chi connectivity index (χ4v) is 7.88. The molecule has 1 heterocycles. The zero-order valence-corrected chi connectivity index (χ0v) is 18.5. The van der Waals surface area contributed by atoms with Gasteiger partial charge in [-0.2, -0.15) is 10.5 Å². The second kappa shape index (κ2) is 7.58. The quantitative estimate of drug-likeness (QED) is 0.607. The number of benzene rings is 2. The Morgan fingerprint density at radius 3 is 2.27 bits per heavy atom. The predicted octanol–water partition coefficient (Wildman–Crippen LogP) is 5.13. The van der Waals surface area contributed by atoms with E-state index in [1.807, 2.05) is 68.4 Å². The van der Waals surface area contributed by atoms with E-state index in [9.17, 15) is 10.5 Å². The lowest BCUT2D eigenvalue weighted by molar-refractivity contribution is 0.481. The molecule has 1 aliphatic heterocycles. The Labute approximate surface area is 185 Å². The summed E-state index contributed by atoms with van der Waals surface area (Å²) < 4.78 is 5.20. The van der Waals surface area contributed by atoms with Crippen LogP contribution in [0.1, 0.15) is 25.3 Å². The summed E-state index contributed by atoms with van der Waals surface area (Å²) in [5.41, 5.74) is 5.13. The maximum absolute atomic E-state index is 10.4. The highest BCUT2D eigenvalue weighted by molar-refractivity contribution is 8.18. The summed E-state index contributed by atoms with van der Waals surface area (Å²) in [6.07, 6.45) is 0. The minimum atomic E-state index is -1.11. The van der Waals surface area contributed by atoms with Crippen LogP contribution in [0, 0.1) is 33.5 Å². The molecule has 1 fully saturated rings. The molecule has 0 spiro atoms. The smallest absolute Gasteiger partial charge is 0.175 e. The van der Waals surface area contributed by atoms with E-state index >= 15 is 0 Å². The van der Waals surface area contributed by atoms with Gasteiger partial charge in [0.15, 0.2) is 4.20 Å². The standard InChI is InChI=1S/C23H22N4OS2/c1-3-29-23(30-4-2)22(15-25)19(21(22,14-24)20(26)27-23)16-9-8-12-18(13-16)28-17-10-6-5-7-11-17/h5-13,19H,3-4H2,1-2H3,(H2,26,27). The number of rotatable bonds is 7. The van der Waals surface area contributed by atoms with Crippen molar-refractivity contribution in [2.24, 2.45) is 21.6 Å². The zero-order chi connectivity index (χ0) is 21.4. The number of thioether (sulfide) groups is 2. The first kappa shape index (κ1) is 20.7. The number of aliphatic imine (C=N–C) groups is 1. The van der Waals surface area contributed by atoms with E-state index < -0.39 is 15.0 Å². The lowest BCUT2D eigenvalue weighted by Crippen LogP contribution is -2.31. The van der Waals surface area contributed by atoms with Gasteiger partial charge >= 0.3 is 0 Å². The summed E-state index contributed by atoms with van der Waals surface area (Å²) >= 11 is 3.20. The van der Waals surface area contributed by atoms with Gasteiger partial charge in [0.25, 0.3) is 0 Å². The number of para-hydroxylation sites is 1. The van der Waals surface area contributed by atoms with Crippen molar-refractivity contribution in [2.45, 2.75) is 24.0 Å². The molecule has 2 aromatic carbocycles. The van der Waals surface area contributed by atoms with Crippen molar-refractivity contribution in [1.82, 2.24) is 0 Å². The molecule has 0 bridgehead atoms. The van der Waals surface area contributed by atoms with Crippen molar-refractivity contribution in [3.8, 4) is 23.6 Å². The molecule has 4 rings (SSSR count). The summed E-state index contributed by atoms with van der Waals surface area (Å²) in [5, 5.41) is 20.6. The van der Waals surface area contributed by atoms with E-state index in [0.717, 1.165) is 22.8 Å². The summed E-state index contributed by atoms with van der Waals surface area (Å²) in [4.78, 5) is 4.73. The average Bonchev–Trinajstić information content (AvgIpc) is 3.34. The molecule has 5 nitrogen and oxygen atoms in total. The molecule has 0 amide bonds. The van der Waals surface area contributed by atoms with Crippen molar-refractivity contribution in [1.29, 1.82) is 10.5 Å². The Morgan fingerprint density at radius 2 is 1.67 bits per heavy atom. The number of hydrogen-bond acceptors (Lipinski definition) is 7. The first-order chi connectivity index (χ1) is 14.5. The van der Waals surface area contributed by atoms with Crippen LogP contribution in [0.15, 0.2) is 59.6 Å². The van der Waals surface area contributed by atoms with Crippen LogP contribution in [0.25, 0.3) is 0 Å². The SMILES string of the molecule is CCSC1(SCC)N=C(N)C2(C#N)C(c3cccc(Oc4ccccc4)c3)C12C#N. The Balaban J connectivity index is 1.79. The molecular weight excluding hydrogens is 412 g/mol. The summed E-state index contributed by atoms with van der Waals surface area (Å²) in [6.45, 7) is 4.08. The fourth-order valence-electron chi connectivity index (χ4n) is 4.63. The predicted molar refractivity (Wildman–Crippen MR) is 122 cm³/mol. The van der Waals surface area contributed by atoms with Crippen molar-refractivity contribution >= 4 is 29.4 Å². The Kier molecular flexibility index (Phi) is 5.22. The lowest BCUT2D eigenvalue weighted by atomic mass is 9.97. The van der Waals surface area contributed by atoms with E-state index in [1.54, 1.807) is 23.5 Å². The first-order valence-electron chi connectivity index (χ1n) is 9.84. The first-order valence-corrected chi connectivity index (χ1v) is 11.8. The maximum Gasteiger partial charge on any atom is 0.175 e. The molecule has 0 aromatic heterocycles. The number of nitriles is 2. The van der Waals surface area contributed by atoms with Gasteiger partial charge < -0.3 is 10.5 Å². The third kappa shape index (κ3) is 2.59. The molecule has 3 atom stereocenters. The molecule has 152 valence electrons. The molecule has 30 heavy (non-hydrogen) atoms. The highest BCUT2D eigenvalue weighted by Gasteiger charge is 2.91. The van der Waals surface area contributed by atoms with Crippen LogP contribution < -0.4 is 10.5 Å². The van der Waals surface area contributed by atoms with Crippen LogP contribution in [-0.4, -0.2) is 21.5 Å². The van der Waals surface area contributed by atoms with E-state index in [4.69, 9.17) is 15.5 Å². The van der Waals surface area contributed by atoms with Crippen LogP contribution >= 0.6 is 23.5 Å². The van der Waals surface area contributed by atoms with Gasteiger partial charge in [-0.15, -0.1) is 23.5 Å². The number of amidine groups is 1. The van der Waals surface area contributed by atoms with Gasteiger partial charge in [0, 0.05) is 5.92 Å². The third-order valence-electron chi connectivity index (χ3n) is 5.78. The van der Waals surface area contributed by atoms with Crippen LogP contribution in [0.2, 0.25) is 0 Å². The normalized spacial score (nSPS) is 28.0. The number of fused-ring (bicyclic) bond motifs is 1. The van der Waals surface area contributed by atoms with Gasteiger partial charge in [-0.3, -0.25) is 0 Å². The Hall–Kier alpha value is -2.61. The topological polar surface area (TPSA) is 95.2 Å². The van der Waals surface area contributed by atoms with Crippen molar-refractivity contribution in [2.75, 3.05) is 11.5 Å². The van der Waals surface area contributed by atoms with Crippen LogP contribution in [-0.2, 0) is 0 Å². The molecule has 2 aliphatic rings. The van der Waals surface area contributed by atoms with Gasteiger partial charge in [-0.05, 0) is 41.3 Å². The number of nitrogens with zero attached hydrogens (tertiary/aromatic N) is 3. The summed E-state index contributed by atoms with van der Waals surface area (Å²) in [6, 6.07) is 22.1. The Morgan fingerprint density at radius 1 is 1.00 bits per heavy atom. The second-order valence-electron chi connectivity index (χ2n) is 7.21. The van der Waals surface area contributed by atoms with Crippen molar-refractivity contribution in [3.05, 3.63) is 60.2 Å². The van der Waals surface area contributed by atoms with E-state index in [2.05, 4.69) is 12.1 Å². The monoisotopic (exact) mass is 434 g/mol. The third-order valence-corrected chi connectivity index (χ3v) is 8.67. The largest absolute Gasteiger partial charge is 0.457 e. The minimum Gasteiger partial charge on any atom is -0.457 e. The van der Waals surface area contributed by atoms with Crippen molar-refractivity contribution < 1.29 is 4.74 Å². The van der Waals surface area contributed by atoms with Gasteiger partial charge in [0.2, 0.25) is 0 Å². The zero-order valence-electron chi connectivity index (χ0n) is 16.8. The van der Waals surface area contributed by atoms with Crippen molar-refractivity contribution in [3.63, 3.8) is 0 Å². The second-order valence-corrected chi connectivity index (χ2v) is 10.4. The van der Waals surface area contributed by atoms with Crippen LogP contribution in [0.4, 0.5) is 0 Å². The molecule has 0 radical (unpaired) electrons. The molecule has 3 unspecified atom stereocenters. The van der Waals surface area contributed by atoms with E-state index in [1.165, 1.54) is 0 Å². The van der Waals surface area contributed by atoms with Gasteiger partial charge in [0.1, 0.15) is 28.2 Å². The molecule has 1 aliphatic carbocycles. The van der Waals surface area contributed by atoms with Gasteiger partial charge in [-0.25, -0.2) is 4.99 Å². The minimum absolute atomic E-state index is 0.271. The fraction of sp³-hybridized carbons (Fsp3) is 0.348. The van der Waals surface area contributed by atoms with E-state index in [-0.39, 0.29) is 11.8 Å². The van der Waals surface area contributed by atoms with Gasteiger partial charge in [0.05, 0.1) is 12.1 Å².